The Labute approximate surface area is 355 Å². The van der Waals surface area contributed by atoms with Crippen LogP contribution < -0.4 is 4.74 Å². The van der Waals surface area contributed by atoms with E-state index in [9.17, 15) is 0 Å². The van der Waals surface area contributed by atoms with E-state index < -0.39 is 0 Å². The van der Waals surface area contributed by atoms with E-state index >= 15 is 0 Å². The van der Waals surface area contributed by atoms with Gasteiger partial charge in [-0.15, -0.1) is 0 Å². The molecule has 0 aliphatic heterocycles. The molecule has 0 spiro atoms. The number of hydrogen-bond donors (Lipinski definition) is 0. The maximum absolute atomic E-state index is 6.62. The Hall–Kier alpha value is -7.54. The molecule has 7 aromatic carbocycles. The zero-order valence-electron chi connectivity index (χ0n) is 31.8. The third-order valence-electron chi connectivity index (χ3n) is 10.6. The van der Waals surface area contributed by atoms with E-state index in [1.54, 1.807) is 6.20 Å². The van der Waals surface area contributed by atoms with Crippen LogP contribution in [-0.4, -0.2) is 33.6 Å². The van der Waals surface area contributed by atoms with Crippen LogP contribution in [0.4, 0.5) is 0 Å². The van der Waals surface area contributed by atoms with Gasteiger partial charge >= 0.3 is 294 Å². The summed E-state index contributed by atoms with van der Waals surface area (Å²) in [7, 11) is 0. The molecular formula is C51H31N7OPt-2. The summed E-state index contributed by atoms with van der Waals surface area (Å²) in [6, 6.07) is 65.8. The summed E-state index contributed by atoms with van der Waals surface area (Å²) in [5.41, 5.74) is 11.3. The van der Waals surface area contributed by atoms with Crippen molar-refractivity contribution in [2.24, 2.45) is 0 Å². The Bertz CT molecular complexity index is 3360. The normalized spacial score (nSPS) is 11.4. The number of hydrogen-bond acceptors (Lipinski definition) is 5. The van der Waals surface area contributed by atoms with Gasteiger partial charge in [0.15, 0.2) is 5.82 Å². The summed E-state index contributed by atoms with van der Waals surface area (Å²) in [5.74, 6) is 2.44. The quantitative estimate of drug-likeness (QED) is 0.142. The Morgan fingerprint density at radius 2 is 1.10 bits per heavy atom. The van der Waals surface area contributed by atoms with E-state index in [0.29, 0.717) is 17.3 Å². The molecule has 288 valence electrons. The first-order valence-electron chi connectivity index (χ1n) is 19.4. The molecule has 0 saturated heterocycles. The van der Waals surface area contributed by atoms with Gasteiger partial charge in [0.1, 0.15) is 12.7 Å². The number of ether oxygens (including phenoxy) is 1. The number of benzene rings is 7. The van der Waals surface area contributed by atoms with Crippen LogP contribution in [0.25, 0.3) is 83.7 Å². The molecule has 0 bridgehead atoms. The molecule has 60 heavy (non-hydrogen) atoms. The van der Waals surface area contributed by atoms with Gasteiger partial charge in [-0.2, -0.15) is 0 Å². The first kappa shape index (κ1) is 35.6. The molecule has 0 unspecified atom stereocenters. The van der Waals surface area contributed by atoms with Crippen molar-refractivity contribution in [3.63, 3.8) is 0 Å². The van der Waals surface area contributed by atoms with Crippen LogP contribution in [0.1, 0.15) is 0 Å². The van der Waals surface area contributed by atoms with E-state index in [-0.39, 0.29) is 0 Å². The Kier molecular flexibility index (Phi) is 8.90. The van der Waals surface area contributed by atoms with Crippen molar-refractivity contribution in [1.29, 1.82) is 0 Å². The second-order valence-corrected chi connectivity index (χ2v) is 15.2. The van der Waals surface area contributed by atoms with Gasteiger partial charge < -0.3 is 0 Å². The fourth-order valence-electron chi connectivity index (χ4n) is 7.99. The fraction of sp³-hybridized carbons (Fsp3) is 0. The number of rotatable bonds is 8. The van der Waals surface area contributed by atoms with Gasteiger partial charge in [0.05, 0.1) is 0 Å². The minimum atomic E-state index is 0.563. The van der Waals surface area contributed by atoms with E-state index in [4.69, 9.17) is 9.72 Å². The van der Waals surface area contributed by atoms with Crippen molar-refractivity contribution in [2.45, 2.75) is 0 Å². The van der Waals surface area contributed by atoms with Crippen molar-refractivity contribution in [1.82, 2.24) is 33.6 Å². The zero-order chi connectivity index (χ0) is 40.0. The fourth-order valence-corrected chi connectivity index (χ4v) is 9.07. The van der Waals surface area contributed by atoms with Gasteiger partial charge in [-0.1, -0.05) is 12.1 Å². The van der Waals surface area contributed by atoms with Crippen molar-refractivity contribution in [2.75, 3.05) is 0 Å². The summed E-state index contributed by atoms with van der Waals surface area (Å²) in [5, 5.41) is 2.14. The van der Waals surface area contributed by atoms with Crippen LogP contribution in [0.15, 0.2) is 189 Å². The molecule has 0 aliphatic carbocycles. The second-order valence-electron chi connectivity index (χ2n) is 14.1. The summed E-state index contributed by atoms with van der Waals surface area (Å²) in [6.45, 7) is 0. The predicted octanol–water partition coefficient (Wildman–Crippen LogP) is 11.6. The molecule has 9 heteroatoms. The molecule has 11 aromatic rings. The predicted molar refractivity (Wildman–Crippen MR) is 232 cm³/mol. The van der Waals surface area contributed by atoms with Gasteiger partial charge in [0.25, 0.3) is 0 Å². The summed E-state index contributed by atoms with van der Waals surface area (Å²) in [6.07, 6.45) is 4.75. The third-order valence-corrected chi connectivity index (χ3v) is 11.6. The zero-order valence-corrected chi connectivity index (χ0v) is 34.0. The standard InChI is InChI=1S/C51H31N7O.Pt/c1-3-13-35(14-4-1)41-20-12-21-42(36-15-5-2-6-16-36)50(41)57-34-56(46-23-9-10-24-47(46)57)38-17-11-18-39(29-38)59-40-26-27-44-43-19-7-8-22-45(43)58(48(44)30-40)49-28-25-37(31-53-49)51-54-32-52-33-55-51;/h1-28,31-33H;/q-2;. The van der Waals surface area contributed by atoms with Gasteiger partial charge in [0.2, 0.25) is 0 Å². The van der Waals surface area contributed by atoms with E-state index in [0.717, 1.165) is 81.7 Å². The topological polar surface area (TPSA) is 75.6 Å². The summed E-state index contributed by atoms with van der Waals surface area (Å²) < 4.78 is 14.3. The number of aromatic nitrogens is 7. The molecule has 0 N–H and O–H groups in total. The minimum absolute atomic E-state index is 0.563. The number of pyridine rings is 1. The molecule has 0 aliphatic rings. The third kappa shape index (κ3) is 6.17. The SMILES string of the molecule is [Pt]=[c]1n(-c2[c-]c(Oc3[c-]c4c(cc3)c3ccccc3n4-c3ccc(-c4ncncn4)cn3)ccc2)c2ccccc2n1-c1c(-c2ccccc2)cccc1-c1ccccc1. The Balaban J connectivity index is 1.02. The van der Waals surface area contributed by atoms with E-state index in [1.807, 2.05) is 42.5 Å². The first-order chi connectivity index (χ1) is 29.7. The van der Waals surface area contributed by atoms with E-state index in [1.165, 1.54) is 12.7 Å². The van der Waals surface area contributed by atoms with Crippen LogP contribution in [0.2, 0.25) is 0 Å². The van der Waals surface area contributed by atoms with Gasteiger partial charge in [0, 0.05) is 11.8 Å². The van der Waals surface area contributed by atoms with Crippen LogP contribution in [0.5, 0.6) is 11.5 Å². The second kappa shape index (κ2) is 15.0. The molecule has 0 atom stereocenters. The number of nitrogens with zero attached hydrogens (tertiary/aromatic N) is 7. The molecule has 4 heterocycles. The van der Waals surface area contributed by atoms with Gasteiger partial charge in [-0.25, -0.2) is 15.0 Å². The Morgan fingerprint density at radius 1 is 0.467 bits per heavy atom. The number of imidazole rings is 1. The molecule has 8 nitrogen and oxygen atoms in total. The van der Waals surface area contributed by atoms with Crippen molar-refractivity contribution < 1.29 is 24.1 Å². The first-order valence-corrected chi connectivity index (χ1v) is 20.5. The average molecular weight is 953 g/mol. The van der Waals surface area contributed by atoms with Crippen LogP contribution in [-0.2, 0) is 19.4 Å². The Morgan fingerprint density at radius 3 is 1.80 bits per heavy atom. The van der Waals surface area contributed by atoms with Crippen LogP contribution in [0.3, 0.4) is 0 Å². The van der Waals surface area contributed by atoms with Gasteiger partial charge in [-0.05, 0) is 6.07 Å². The van der Waals surface area contributed by atoms with Crippen LogP contribution in [0, 0.1) is 15.9 Å². The molecule has 0 saturated carbocycles. The number of fused-ring (bicyclic) bond motifs is 4. The molecule has 4 aromatic heterocycles. The van der Waals surface area contributed by atoms with Crippen LogP contribution >= 0.6 is 0 Å². The average Bonchev–Trinajstić information content (AvgIpc) is 3.80. The molecule has 0 fully saturated rings. The molecular weight excluding hydrogens is 922 g/mol. The molecule has 0 amide bonds. The summed E-state index contributed by atoms with van der Waals surface area (Å²) >= 11 is 2.46. The molecule has 11 rings (SSSR count). The number of para-hydroxylation sites is 4. The monoisotopic (exact) mass is 952 g/mol. The maximum atomic E-state index is 6.62. The van der Waals surface area contributed by atoms with E-state index in [2.05, 4.69) is 188 Å². The van der Waals surface area contributed by atoms with Crippen molar-refractivity contribution in [3.05, 3.63) is 205 Å². The van der Waals surface area contributed by atoms with Crippen molar-refractivity contribution in [3.8, 4) is 62.3 Å². The van der Waals surface area contributed by atoms with Crippen molar-refractivity contribution >= 4 is 32.8 Å². The van der Waals surface area contributed by atoms with Gasteiger partial charge in [-0.3, -0.25) is 0 Å². The summed E-state index contributed by atoms with van der Waals surface area (Å²) in [4.78, 5) is 17.4. The molecule has 0 radical (unpaired) electrons.